The van der Waals surface area contributed by atoms with Crippen LogP contribution in [0.15, 0.2) is 109 Å². The Morgan fingerprint density at radius 1 is 0.844 bits per heavy atom. The van der Waals surface area contributed by atoms with Crippen molar-refractivity contribution in [2.75, 3.05) is 0 Å². The average molecular weight is 414 g/mol. The van der Waals surface area contributed by atoms with Gasteiger partial charge in [0.15, 0.2) is 0 Å². The second-order valence-corrected chi connectivity index (χ2v) is 9.02. The Balaban J connectivity index is 1.76. The van der Waals surface area contributed by atoms with E-state index in [0.717, 1.165) is 18.5 Å². The second-order valence-electron chi connectivity index (χ2n) is 9.02. The molecule has 4 aromatic carbocycles. The van der Waals surface area contributed by atoms with Crippen molar-refractivity contribution in [1.29, 1.82) is 0 Å². The predicted molar refractivity (Wildman–Crippen MR) is 135 cm³/mol. The Morgan fingerprint density at radius 2 is 1.62 bits per heavy atom. The highest BCUT2D eigenvalue weighted by Crippen LogP contribution is 2.59. The number of aryl methyl sites for hydroxylation is 1. The Morgan fingerprint density at radius 3 is 2.41 bits per heavy atom. The Bertz CT molecular complexity index is 1390. The SMILES string of the molecule is CCc1ccc(C2(C3C=CC(N)=CC3)c3ccccc3-c3ccc4ccccc4c32)cc1. The van der Waals surface area contributed by atoms with Crippen molar-refractivity contribution in [3.8, 4) is 11.1 Å². The summed E-state index contributed by atoms with van der Waals surface area (Å²) in [5.74, 6) is 0.287. The van der Waals surface area contributed by atoms with Gasteiger partial charge in [-0.1, -0.05) is 104 Å². The van der Waals surface area contributed by atoms with Crippen LogP contribution in [0.4, 0.5) is 0 Å². The summed E-state index contributed by atoms with van der Waals surface area (Å²) in [6, 6.07) is 31.8. The zero-order chi connectivity index (χ0) is 21.7. The van der Waals surface area contributed by atoms with Crippen molar-refractivity contribution >= 4 is 10.8 Å². The van der Waals surface area contributed by atoms with E-state index in [4.69, 9.17) is 5.73 Å². The van der Waals surface area contributed by atoms with E-state index >= 15 is 0 Å². The summed E-state index contributed by atoms with van der Waals surface area (Å²) in [5.41, 5.74) is 15.1. The molecule has 0 heterocycles. The van der Waals surface area contributed by atoms with Crippen LogP contribution in [-0.4, -0.2) is 0 Å². The first kappa shape index (κ1) is 19.1. The highest BCUT2D eigenvalue weighted by atomic mass is 14.6. The second kappa shape index (κ2) is 7.24. The Hall–Kier alpha value is -3.58. The number of hydrogen-bond acceptors (Lipinski definition) is 1. The molecule has 2 aliphatic rings. The first-order valence-electron chi connectivity index (χ1n) is 11.6. The normalized spacial score (nSPS) is 21.3. The van der Waals surface area contributed by atoms with E-state index in [1.165, 1.54) is 44.2 Å². The number of fused-ring (bicyclic) bond motifs is 5. The highest BCUT2D eigenvalue weighted by Gasteiger charge is 2.49. The van der Waals surface area contributed by atoms with Crippen LogP contribution in [0.1, 0.15) is 35.6 Å². The van der Waals surface area contributed by atoms with Crippen LogP contribution >= 0.6 is 0 Å². The summed E-state index contributed by atoms with van der Waals surface area (Å²) < 4.78 is 0. The average Bonchev–Trinajstić information content (AvgIpc) is 3.16. The van der Waals surface area contributed by atoms with Crippen molar-refractivity contribution in [1.82, 2.24) is 0 Å². The third-order valence-electron chi connectivity index (χ3n) is 7.47. The molecular formula is C31H27N. The monoisotopic (exact) mass is 413 g/mol. The molecule has 0 bridgehead atoms. The number of rotatable bonds is 3. The first-order valence-corrected chi connectivity index (χ1v) is 11.6. The van der Waals surface area contributed by atoms with Crippen molar-refractivity contribution < 1.29 is 0 Å². The molecule has 0 spiro atoms. The Labute approximate surface area is 189 Å². The van der Waals surface area contributed by atoms with Gasteiger partial charge in [-0.15, -0.1) is 0 Å². The van der Waals surface area contributed by atoms with E-state index in [-0.39, 0.29) is 11.3 Å². The number of allylic oxidation sites excluding steroid dienone is 3. The molecule has 1 heteroatoms. The van der Waals surface area contributed by atoms with Crippen LogP contribution in [0, 0.1) is 5.92 Å². The summed E-state index contributed by atoms with van der Waals surface area (Å²) in [5, 5.41) is 2.64. The molecular weight excluding hydrogens is 386 g/mol. The van der Waals surface area contributed by atoms with Crippen molar-refractivity contribution in [3.63, 3.8) is 0 Å². The zero-order valence-corrected chi connectivity index (χ0v) is 18.4. The third kappa shape index (κ3) is 2.58. The van der Waals surface area contributed by atoms with Gasteiger partial charge in [-0.25, -0.2) is 0 Å². The molecule has 2 unspecified atom stereocenters. The molecule has 0 fully saturated rings. The van der Waals surface area contributed by atoms with Gasteiger partial charge in [-0.2, -0.15) is 0 Å². The van der Waals surface area contributed by atoms with E-state index in [1.807, 2.05) is 0 Å². The predicted octanol–water partition coefficient (Wildman–Crippen LogP) is 7.14. The van der Waals surface area contributed by atoms with Crippen LogP contribution in [0.5, 0.6) is 0 Å². The molecule has 2 atom stereocenters. The first-order chi connectivity index (χ1) is 15.7. The summed E-state index contributed by atoms with van der Waals surface area (Å²) in [6.07, 6.45) is 8.61. The van der Waals surface area contributed by atoms with E-state index in [0.29, 0.717) is 0 Å². The number of nitrogens with two attached hydrogens (primary N) is 1. The maximum Gasteiger partial charge on any atom is 0.0535 e. The highest BCUT2D eigenvalue weighted by molar-refractivity contribution is 5.99. The molecule has 6 rings (SSSR count). The molecule has 0 aliphatic heterocycles. The number of benzene rings is 4. The van der Waals surface area contributed by atoms with Crippen LogP contribution in [0.25, 0.3) is 21.9 Å². The molecule has 0 aromatic heterocycles. The minimum Gasteiger partial charge on any atom is -0.399 e. The van der Waals surface area contributed by atoms with Crippen molar-refractivity contribution in [2.24, 2.45) is 11.7 Å². The van der Waals surface area contributed by atoms with Crippen molar-refractivity contribution in [2.45, 2.75) is 25.2 Å². The zero-order valence-electron chi connectivity index (χ0n) is 18.4. The lowest BCUT2D eigenvalue weighted by atomic mass is 9.61. The van der Waals surface area contributed by atoms with Gasteiger partial charge in [-0.3, -0.25) is 0 Å². The molecule has 2 aliphatic carbocycles. The topological polar surface area (TPSA) is 26.0 Å². The van der Waals surface area contributed by atoms with Crippen LogP contribution in [0.2, 0.25) is 0 Å². The van der Waals surface area contributed by atoms with Gasteiger partial charge in [0.2, 0.25) is 0 Å². The molecule has 4 aromatic rings. The fraction of sp³-hybridized carbons (Fsp3) is 0.161. The number of hydrogen-bond donors (Lipinski definition) is 1. The maximum absolute atomic E-state index is 6.17. The van der Waals surface area contributed by atoms with E-state index in [1.54, 1.807) is 0 Å². The minimum atomic E-state index is -0.257. The fourth-order valence-electron chi connectivity index (χ4n) is 5.98. The molecule has 32 heavy (non-hydrogen) atoms. The fourth-order valence-corrected chi connectivity index (χ4v) is 5.98. The lowest BCUT2D eigenvalue weighted by Crippen LogP contribution is -2.36. The molecule has 0 amide bonds. The van der Waals surface area contributed by atoms with Gasteiger partial charge in [0.1, 0.15) is 0 Å². The van der Waals surface area contributed by atoms with Gasteiger partial charge in [-0.05, 0) is 69.0 Å². The standard InChI is InChI=1S/C31H27N/c1-2-21-11-14-23(15-12-21)31(24-16-18-25(32)19-17-24)29-10-6-5-9-27(29)28-20-13-22-7-3-4-8-26(22)30(28)31/h3-16,18-20,24H,2,17,32H2,1H3. The van der Waals surface area contributed by atoms with Crippen molar-refractivity contribution in [3.05, 3.63) is 131 Å². The van der Waals surface area contributed by atoms with Gasteiger partial charge in [0.05, 0.1) is 5.41 Å². The molecule has 2 N–H and O–H groups in total. The van der Waals surface area contributed by atoms with Crippen LogP contribution in [0.3, 0.4) is 0 Å². The summed E-state index contributed by atoms with van der Waals surface area (Å²) in [7, 11) is 0. The van der Waals surface area contributed by atoms with Gasteiger partial charge in [0, 0.05) is 5.70 Å². The molecule has 0 radical (unpaired) electrons. The van der Waals surface area contributed by atoms with E-state index < -0.39 is 0 Å². The quantitative estimate of drug-likeness (QED) is 0.380. The largest absolute Gasteiger partial charge is 0.399 e. The molecule has 156 valence electrons. The molecule has 0 saturated carbocycles. The van der Waals surface area contributed by atoms with E-state index in [9.17, 15) is 0 Å². The van der Waals surface area contributed by atoms with E-state index in [2.05, 4.69) is 110 Å². The molecule has 1 nitrogen and oxygen atoms in total. The summed E-state index contributed by atoms with van der Waals surface area (Å²) in [6.45, 7) is 2.22. The summed E-state index contributed by atoms with van der Waals surface area (Å²) in [4.78, 5) is 0. The van der Waals surface area contributed by atoms with Gasteiger partial charge >= 0.3 is 0 Å². The lowest BCUT2D eigenvalue weighted by Gasteiger charge is -2.40. The minimum absolute atomic E-state index is 0.257. The van der Waals surface area contributed by atoms with Crippen LogP contribution in [-0.2, 0) is 11.8 Å². The smallest absolute Gasteiger partial charge is 0.0535 e. The van der Waals surface area contributed by atoms with Gasteiger partial charge in [0.25, 0.3) is 0 Å². The Kier molecular flexibility index (Phi) is 4.33. The third-order valence-corrected chi connectivity index (χ3v) is 7.47. The molecule has 0 saturated heterocycles. The lowest BCUT2D eigenvalue weighted by molar-refractivity contribution is 0.458. The maximum atomic E-state index is 6.17. The summed E-state index contributed by atoms with van der Waals surface area (Å²) >= 11 is 0. The van der Waals surface area contributed by atoms with Gasteiger partial charge < -0.3 is 5.73 Å². The van der Waals surface area contributed by atoms with Crippen LogP contribution < -0.4 is 5.73 Å².